The van der Waals surface area contributed by atoms with Gasteiger partial charge in [-0.3, -0.25) is 0 Å². The van der Waals surface area contributed by atoms with E-state index >= 15 is 0 Å². The maximum absolute atomic E-state index is 12.2. The zero-order valence-corrected chi connectivity index (χ0v) is 12.8. The van der Waals surface area contributed by atoms with E-state index in [4.69, 9.17) is 0 Å². The number of hydrogen-bond donors (Lipinski definition) is 2. The summed E-state index contributed by atoms with van der Waals surface area (Å²) >= 11 is 1.95. The molecule has 0 aromatic heterocycles. The van der Waals surface area contributed by atoms with E-state index in [0.717, 1.165) is 36.5 Å². The largest absolute Gasteiger partial charge is 0.389 e. The minimum atomic E-state index is -0.482. The summed E-state index contributed by atoms with van der Waals surface area (Å²) in [5, 5.41) is 12.9. The quantitative estimate of drug-likeness (QED) is 0.900. The van der Waals surface area contributed by atoms with E-state index in [0.29, 0.717) is 5.25 Å². The molecule has 2 amide bonds. The van der Waals surface area contributed by atoms with E-state index in [1.54, 1.807) is 6.92 Å². The molecule has 0 aliphatic carbocycles. The van der Waals surface area contributed by atoms with Crippen LogP contribution in [0, 0.1) is 0 Å². The molecule has 0 spiro atoms. The van der Waals surface area contributed by atoms with E-state index in [1.165, 1.54) is 0 Å². The van der Waals surface area contributed by atoms with E-state index in [2.05, 4.69) is 12.2 Å². The summed E-state index contributed by atoms with van der Waals surface area (Å²) in [6, 6.07) is 7.29. The Morgan fingerprint density at radius 3 is 2.80 bits per heavy atom. The van der Waals surface area contributed by atoms with Crippen LogP contribution in [0.4, 0.5) is 10.5 Å². The third-order valence-corrected chi connectivity index (χ3v) is 4.90. The van der Waals surface area contributed by atoms with Crippen LogP contribution in [0.5, 0.6) is 0 Å². The molecule has 1 aliphatic rings. The summed E-state index contributed by atoms with van der Waals surface area (Å²) < 4.78 is 0. The second-order valence-electron chi connectivity index (χ2n) is 5.08. The van der Waals surface area contributed by atoms with Crippen molar-refractivity contribution in [3.8, 4) is 0 Å². The Balaban J connectivity index is 1.93. The third kappa shape index (κ3) is 3.90. The Kier molecular flexibility index (Phi) is 5.31. The Morgan fingerprint density at radius 2 is 2.20 bits per heavy atom. The van der Waals surface area contributed by atoms with Crippen LogP contribution < -0.4 is 5.32 Å². The lowest BCUT2D eigenvalue weighted by atomic mass is 10.1. The van der Waals surface area contributed by atoms with Gasteiger partial charge in [0.2, 0.25) is 0 Å². The van der Waals surface area contributed by atoms with Crippen LogP contribution in [0.25, 0.3) is 0 Å². The standard InChI is InChI=1S/C15H22N2O2S/c1-3-14-10-17(8-9-20-14)15(19)16-13-6-4-12(5-7-13)11(2)18/h4-7,11,14,18H,3,8-10H2,1-2H3,(H,16,19). The first kappa shape index (κ1) is 15.2. The summed E-state index contributed by atoms with van der Waals surface area (Å²) in [6.07, 6.45) is 0.613. The number of hydrogen-bond acceptors (Lipinski definition) is 3. The number of urea groups is 1. The van der Waals surface area contributed by atoms with Gasteiger partial charge in [-0.1, -0.05) is 19.1 Å². The molecular weight excluding hydrogens is 272 g/mol. The number of anilines is 1. The Morgan fingerprint density at radius 1 is 1.50 bits per heavy atom. The molecule has 2 unspecified atom stereocenters. The zero-order chi connectivity index (χ0) is 14.5. The lowest BCUT2D eigenvalue weighted by molar-refractivity contribution is 0.199. The molecule has 0 saturated carbocycles. The van der Waals surface area contributed by atoms with Crippen LogP contribution in [0.3, 0.4) is 0 Å². The van der Waals surface area contributed by atoms with Crippen molar-refractivity contribution in [2.24, 2.45) is 0 Å². The number of benzene rings is 1. The number of nitrogens with zero attached hydrogens (tertiary/aromatic N) is 1. The lowest BCUT2D eigenvalue weighted by Crippen LogP contribution is -2.43. The highest BCUT2D eigenvalue weighted by molar-refractivity contribution is 8.00. The molecule has 110 valence electrons. The van der Waals surface area contributed by atoms with Gasteiger partial charge in [0, 0.05) is 29.8 Å². The summed E-state index contributed by atoms with van der Waals surface area (Å²) in [6.45, 7) is 5.51. The molecule has 1 heterocycles. The highest BCUT2D eigenvalue weighted by Gasteiger charge is 2.22. The summed E-state index contributed by atoms with van der Waals surface area (Å²) in [5.41, 5.74) is 1.62. The van der Waals surface area contributed by atoms with Crippen molar-refractivity contribution in [1.29, 1.82) is 0 Å². The molecule has 1 saturated heterocycles. The van der Waals surface area contributed by atoms with Gasteiger partial charge >= 0.3 is 6.03 Å². The van der Waals surface area contributed by atoms with E-state index in [9.17, 15) is 9.90 Å². The van der Waals surface area contributed by atoms with Gasteiger partial charge in [0.25, 0.3) is 0 Å². The Bertz CT molecular complexity index is 448. The number of aliphatic hydroxyl groups is 1. The Hall–Kier alpha value is -1.20. The summed E-state index contributed by atoms with van der Waals surface area (Å²) in [4.78, 5) is 14.1. The maximum atomic E-state index is 12.2. The molecular formula is C15H22N2O2S. The number of aliphatic hydroxyl groups excluding tert-OH is 1. The molecule has 2 N–H and O–H groups in total. The normalized spacial score (nSPS) is 20.6. The third-order valence-electron chi connectivity index (χ3n) is 3.53. The number of amides is 2. The first-order valence-corrected chi connectivity index (χ1v) is 8.10. The van der Waals surface area contributed by atoms with Crippen molar-refractivity contribution in [3.05, 3.63) is 29.8 Å². The number of nitrogens with one attached hydrogen (secondary N) is 1. The average molecular weight is 294 g/mol. The summed E-state index contributed by atoms with van der Waals surface area (Å²) in [5.74, 6) is 1.01. The van der Waals surface area contributed by atoms with Gasteiger partial charge in [-0.2, -0.15) is 11.8 Å². The summed E-state index contributed by atoms with van der Waals surface area (Å²) in [7, 11) is 0. The van der Waals surface area contributed by atoms with Gasteiger partial charge in [-0.25, -0.2) is 4.79 Å². The number of thioether (sulfide) groups is 1. The van der Waals surface area contributed by atoms with Crippen LogP contribution in [-0.2, 0) is 0 Å². The molecule has 1 aromatic carbocycles. The van der Waals surface area contributed by atoms with Gasteiger partial charge in [0.05, 0.1) is 6.10 Å². The molecule has 4 nitrogen and oxygen atoms in total. The van der Waals surface area contributed by atoms with E-state index in [1.807, 2.05) is 40.9 Å². The highest BCUT2D eigenvalue weighted by Crippen LogP contribution is 2.22. The van der Waals surface area contributed by atoms with Gasteiger partial charge in [0.1, 0.15) is 0 Å². The highest BCUT2D eigenvalue weighted by atomic mass is 32.2. The van der Waals surface area contributed by atoms with Gasteiger partial charge < -0.3 is 15.3 Å². The predicted octanol–water partition coefficient (Wildman–Crippen LogP) is 3.10. The molecule has 0 bridgehead atoms. The SMILES string of the molecule is CCC1CN(C(=O)Nc2ccc(C(C)O)cc2)CCS1. The van der Waals surface area contributed by atoms with Crippen molar-refractivity contribution in [1.82, 2.24) is 4.90 Å². The van der Waals surface area contributed by atoms with E-state index in [-0.39, 0.29) is 6.03 Å². The first-order valence-electron chi connectivity index (χ1n) is 7.05. The van der Waals surface area contributed by atoms with Crippen LogP contribution in [0.15, 0.2) is 24.3 Å². The molecule has 2 atom stereocenters. The fraction of sp³-hybridized carbons (Fsp3) is 0.533. The van der Waals surface area contributed by atoms with Gasteiger partial charge in [-0.05, 0) is 31.0 Å². The van der Waals surface area contributed by atoms with Crippen molar-refractivity contribution >= 4 is 23.5 Å². The molecule has 1 aliphatic heterocycles. The van der Waals surface area contributed by atoms with Crippen LogP contribution in [0.1, 0.15) is 31.9 Å². The number of rotatable bonds is 3. The van der Waals surface area contributed by atoms with Crippen LogP contribution >= 0.6 is 11.8 Å². The molecule has 1 fully saturated rings. The fourth-order valence-corrected chi connectivity index (χ4v) is 3.38. The number of carbonyl (C=O) groups excluding carboxylic acids is 1. The molecule has 2 rings (SSSR count). The second kappa shape index (κ2) is 6.99. The smallest absolute Gasteiger partial charge is 0.321 e. The van der Waals surface area contributed by atoms with Crippen molar-refractivity contribution in [3.63, 3.8) is 0 Å². The van der Waals surface area contributed by atoms with Crippen molar-refractivity contribution in [2.45, 2.75) is 31.6 Å². The van der Waals surface area contributed by atoms with E-state index < -0.39 is 6.10 Å². The predicted molar refractivity (Wildman–Crippen MR) is 84.2 cm³/mol. The monoisotopic (exact) mass is 294 g/mol. The first-order chi connectivity index (χ1) is 9.60. The van der Waals surface area contributed by atoms with Crippen LogP contribution in [-0.4, -0.2) is 40.1 Å². The topological polar surface area (TPSA) is 52.6 Å². The average Bonchev–Trinajstić information content (AvgIpc) is 2.47. The van der Waals surface area contributed by atoms with Crippen molar-refractivity contribution in [2.75, 3.05) is 24.2 Å². The zero-order valence-electron chi connectivity index (χ0n) is 12.0. The van der Waals surface area contributed by atoms with Crippen LogP contribution in [0.2, 0.25) is 0 Å². The molecule has 1 aromatic rings. The minimum Gasteiger partial charge on any atom is -0.389 e. The van der Waals surface area contributed by atoms with Crippen molar-refractivity contribution < 1.29 is 9.90 Å². The minimum absolute atomic E-state index is 0.0338. The number of carbonyl (C=O) groups is 1. The lowest BCUT2D eigenvalue weighted by Gasteiger charge is -2.31. The van der Waals surface area contributed by atoms with Gasteiger partial charge in [0.15, 0.2) is 0 Å². The maximum Gasteiger partial charge on any atom is 0.321 e. The molecule has 5 heteroatoms. The fourth-order valence-electron chi connectivity index (χ4n) is 2.20. The molecule has 0 radical (unpaired) electrons. The van der Waals surface area contributed by atoms with Gasteiger partial charge in [-0.15, -0.1) is 0 Å². The Labute approximate surface area is 124 Å². The molecule has 20 heavy (non-hydrogen) atoms. The second-order valence-corrected chi connectivity index (χ2v) is 6.48.